The number of aromatic hydroxyl groups is 1. The van der Waals surface area contributed by atoms with Crippen molar-refractivity contribution < 1.29 is 9.84 Å². The van der Waals surface area contributed by atoms with E-state index in [1.165, 1.54) is 23.4 Å². The number of thiazole rings is 1. The Bertz CT molecular complexity index is 803. The number of methoxy groups -OCH3 is 1. The zero-order valence-electron chi connectivity index (χ0n) is 16.9. The number of nitrogens with two attached hydrogens (primary N) is 1. The second-order valence-corrected chi connectivity index (χ2v) is 8.45. The van der Waals surface area contributed by atoms with Crippen molar-refractivity contribution in [3.63, 3.8) is 0 Å². The molecule has 0 radical (unpaired) electrons. The Balaban J connectivity index is 1.50. The third-order valence-corrected chi connectivity index (χ3v) is 6.24. The van der Waals surface area contributed by atoms with Crippen LogP contribution in [-0.4, -0.2) is 41.2 Å². The number of benzene rings is 1. The van der Waals surface area contributed by atoms with Crippen molar-refractivity contribution in [2.45, 2.75) is 51.5 Å². The number of rotatable bonds is 9. The molecule has 2 aromatic rings. The molecule has 1 aliphatic rings. The molecule has 3 rings (SSSR count). The number of phenols is 1. The standard InChI is InChI=1S/C22H31N3O2S/c1-3-12-25(17-9-10-18-21(15-17)28-22(23)24-18)13-6-4-5-7-16-8-11-19(26)20(14-16)27-2/h5,7-8,11,14,17,26H,3-4,6,9-10,12-13,15H2,1-2H3,(H2,23,24). The maximum atomic E-state index is 9.68. The molecule has 0 saturated heterocycles. The molecule has 1 heterocycles. The molecule has 0 amide bonds. The monoisotopic (exact) mass is 401 g/mol. The Hall–Kier alpha value is -2.05. The molecular weight excluding hydrogens is 370 g/mol. The van der Waals surface area contributed by atoms with E-state index in [2.05, 4.69) is 29.0 Å². The Kier molecular flexibility index (Phi) is 7.34. The van der Waals surface area contributed by atoms with Crippen LogP contribution in [0.3, 0.4) is 0 Å². The maximum Gasteiger partial charge on any atom is 0.180 e. The van der Waals surface area contributed by atoms with Crippen molar-refractivity contribution in [2.75, 3.05) is 25.9 Å². The van der Waals surface area contributed by atoms with Gasteiger partial charge in [0, 0.05) is 10.9 Å². The molecule has 0 saturated carbocycles. The predicted octanol–water partition coefficient (Wildman–Crippen LogP) is 4.50. The van der Waals surface area contributed by atoms with Crippen LogP contribution in [0.5, 0.6) is 11.5 Å². The summed E-state index contributed by atoms with van der Waals surface area (Å²) in [7, 11) is 1.57. The van der Waals surface area contributed by atoms with Crippen LogP contribution in [0.4, 0.5) is 5.13 Å². The number of aromatic nitrogens is 1. The van der Waals surface area contributed by atoms with Gasteiger partial charge in [-0.15, -0.1) is 11.3 Å². The fourth-order valence-corrected chi connectivity index (χ4v) is 4.83. The molecule has 3 N–H and O–H groups in total. The van der Waals surface area contributed by atoms with Gasteiger partial charge in [-0.1, -0.05) is 25.1 Å². The Morgan fingerprint density at radius 3 is 3.04 bits per heavy atom. The third-order valence-electron chi connectivity index (χ3n) is 5.29. The number of hydrogen-bond donors (Lipinski definition) is 2. The summed E-state index contributed by atoms with van der Waals surface area (Å²) in [5, 5.41) is 10.4. The van der Waals surface area contributed by atoms with Gasteiger partial charge in [0.1, 0.15) is 0 Å². The van der Waals surface area contributed by atoms with E-state index in [1.807, 2.05) is 12.1 Å². The van der Waals surface area contributed by atoms with E-state index in [9.17, 15) is 5.11 Å². The number of hydrogen-bond acceptors (Lipinski definition) is 6. The molecule has 1 aromatic heterocycles. The van der Waals surface area contributed by atoms with Crippen LogP contribution in [0, 0.1) is 0 Å². The summed E-state index contributed by atoms with van der Waals surface area (Å²) in [4.78, 5) is 8.50. The molecular formula is C22H31N3O2S. The Morgan fingerprint density at radius 1 is 1.39 bits per heavy atom. The number of anilines is 1. The predicted molar refractivity (Wildman–Crippen MR) is 117 cm³/mol. The fourth-order valence-electron chi connectivity index (χ4n) is 3.88. The van der Waals surface area contributed by atoms with E-state index in [1.54, 1.807) is 24.5 Å². The first-order chi connectivity index (χ1) is 13.6. The number of nitrogen functional groups attached to an aromatic ring is 1. The third kappa shape index (κ3) is 5.26. The number of unbranched alkanes of at least 4 members (excludes halogenated alkanes) is 1. The molecule has 1 aliphatic carbocycles. The van der Waals surface area contributed by atoms with Gasteiger partial charge < -0.3 is 20.5 Å². The van der Waals surface area contributed by atoms with Gasteiger partial charge in [-0.25, -0.2) is 4.98 Å². The van der Waals surface area contributed by atoms with Crippen molar-refractivity contribution in [3.05, 3.63) is 40.4 Å². The second-order valence-electron chi connectivity index (χ2n) is 7.33. The first kappa shape index (κ1) is 20.7. The highest BCUT2D eigenvalue weighted by Gasteiger charge is 2.26. The molecule has 0 spiro atoms. The lowest BCUT2D eigenvalue weighted by molar-refractivity contribution is 0.178. The summed E-state index contributed by atoms with van der Waals surface area (Å²) in [5.41, 5.74) is 8.16. The SMILES string of the molecule is CCCN(CCCC=Cc1ccc(O)c(OC)c1)C1CCc2nc(N)sc2C1. The number of phenolic OH excluding ortho intramolecular Hbond substituents is 1. The lowest BCUT2D eigenvalue weighted by Crippen LogP contribution is -2.40. The van der Waals surface area contributed by atoms with Crippen molar-refractivity contribution in [2.24, 2.45) is 0 Å². The number of ether oxygens (including phenoxy) is 1. The van der Waals surface area contributed by atoms with Crippen LogP contribution in [0.2, 0.25) is 0 Å². The van der Waals surface area contributed by atoms with Crippen LogP contribution in [0.25, 0.3) is 6.08 Å². The summed E-state index contributed by atoms with van der Waals surface area (Å²) >= 11 is 1.66. The van der Waals surface area contributed by atoms with Crippen LogP contribution >= 0.6 is 11.3 Å². The lowest BCUT2D eigenvalue weighted by Gasteiger charge is -2.33. The highest BCUT2D eigenvalue weighted by atomic mass is 32.1. The smallest absolute Gasteiger partial charge is 0.180 e. The van der Waals surface area contributed by atoms with E-state index in [0.29, 0.717) is 16.9 Å². The fraction of sp³-hybridized carbons (Fsp3) is 0.500. The first-order valence-corrected chi connectivity index (χ1v) is 10.9. The molecule has 28 heavy (non-hydrogen) atoms. The largest absolute Gasteiger partial charge is 0.504 e. The number of aryl methyl sites for hydroxylation is 1. The van der Waals surface area contributed by atoms with E-state index in [0.717, 1.165) is 44.3 Å². The van der Waals surface area contributed by atoms with Gasteiger partial charge in [0.25, 0.3) is 0 Å². The summed E-state index contributed by atoms with van der Waals surface area (Å²) < 4.78 is 5.16. The number of fused-ring (bicyclic) bond motifs is 1. The second kappa shape index (κ2) is 9.94. The molecule has 5 nitrogen and oxygen atoms in total. The summed E-state index contributed by atoms with van der Waals surface area (Å²) in [5.74, 6) is 0.685. The Morgan fingerprint density at radius 2 is 2.25 bits per heavy atom. The topological polar surface area (TPSA) is 71.6 Å². The highest BCUT2D eigenvalue weighted by molar-refractivity contribution is 7.15. The summed E-state index contributed by atoms with van der Waals surface area (Å²) in [6.07, 6.45) is 11.0. The summed E-state index contributed by atoms with van der Waals surface area (Å²) in [6.45, 7) is 4.52. The normalized spacial score (nSPS) is 16.6. The van der Waals surface area contributed by atoms with Crippen LogP contribution in [0.15, 0.2) is 24.3 Å². The molecule has 0 aliphatic heterocycles. The molecule has 1 aromatic carbocycles. The summed E-state index contributed by atoms with van der Waals surface area (Å²) in [6, 6.07) is 6.04. The minimum absolute atomic E-state index is 0.174. The molecule has 0 fully saturated rings. The minimum atomic E-state index is 0.174. The van der Waals surface area contributed by atoms with Gasteiger partial charge in [0.05, 0.1) is 12.8 Å². The van der Waals surface area contributed by atoms with E-state index in [4.69, 9.17) is 10.5 Å². The molecule has 152 valence electrons. The van der Waals surface area contributed by atoms with Crippen molar-refractivity contribution >= 4 is 22.5 Å². The number of nitrogens with zero attached hydrogens (tertiary/aromatic N) is 2. The average Bonchev–Trinajstić information content (AvgIpc) is 3.07. The maximum absolute atomic E-state index is 9.68. The van der Waals surface area contributed by atoms with E-state index < -0.39 is 0 Å². The average molecular weight is 402 g/mol. The van der Waals surface area contributed by atoms with Crippen LogP contribution in [0.1, 0.15) is 48.7 Å². The first-order valence-electron chi connectivity index (χ1n) is 10.1. The van der Waals surface area contributed by atoms with Gasteiger partial charge in [0.15, 0.2) is 16.6 Å². The van der Waals surface area contributed by atoms with Crippen LogP contribution < -0.4 is 10.5 Å². The van der Waals surface area contributed by atoms with Crippen molar-refractivity contribution in [1.82, 2.24) is 9.88 Å². The molecule has 6 heteroatoms. The van der Waals surface area contributed by atoms with E-state index in [-0.39, 0.29) is 5.75 Å². The van der Waals surface area contributed by atoms with Gasteiger partial charge in [-0.3, -0.25) is 0 Å². The highest BCUT2D eigenvalue weighted by Crippen LogP contribution is 2.30. The quantitative estimate of drug-likeness (QED) is 0.605. The molecule has 1 unspecified atom stereocenters. The van der Waals surface area contributed by atoms with Crippen molar-refractivity contribution in [1.29, 1.82) is 0 Å². The van der Waals surface area contributed by atoms with Gasteiger partial charge in [0.2, 0.25) is 0 Å². The van der Waals surface area contributed by atoms with E-state index >= 15 is 0 Å². The Labute approximate surface area is 171 Å². The van der Waals surface area contributed by atoms with Gasteiger partial charge >= 0.3 is 0 Å². The van der Waals surface area contributed by atoms with Crippen molar-refractivity contribution in [3.8, 4) is 11.5 Å². The zero-order valence-corrected chi connectivity index (χ0v) is 17.7. The number of allylic oxidation sites excluding steroid dienone is 1. The lowest BCUT2D eigenvalue weighted by atomic mass is 9.96. The molecule has 0 bridgehead atoms. The van der Waals surface area contributed by atoms with Gasteiger partial charge in [-0.05, 0) is 69.3 Å². The zero-order chi connectivity index (χ0) is 19.9. The molecule has 1 atom stereocenters. The minimum Gasteiger partial charge on any atom is -0.504 e. The van der Waals surface area contributed by atoms with Gasteiger partial charge in [-0.2, -0.15) is 0 Å². The van der Waals surface area contributed by atoms with Crippen LogP contribution in [-0.2, 0) is 12.8 Å².